The Morgan fingerprint density at radius 3 is 2.00 bits per heavy atom. The monoisotopic (exact) mass is 166 g/mol. The van der Waals surface area contributed by atoms with Crippen molar-refractivity contribution in [3.8, 4) is 0 Å². The highest BCUT2D eigenvalue weighted by Gasteiger charge is 2.24. The molecule has 0 fully saturated rings. The van der Waals surface area contributed by atoms with Crippen LogP contribution in [0.1, 0.15) is 20.8 Å². The molecule has 56 valence electrons. The number of hydrogen-bond donors (Lipinski definition) is 2. The smallest absolute Gasteiger partial charge is 0.157 e. The molecule has 0 aromatic carbocycles. The number of ether oxygens (including phenoxy) is 1. The number of rotatable bonds is 3. The van der Waals surface area contributed by atoms with Gasteiger partial charge < -0.3 is 4.74 Å². The molecule has 0 aliphatic carbocycles. The van der Waals surface area contributed by atoms with Crippen LogP contribution in [-0.2, 0) is 4.74 Å². The highest BCUT2D eigenvalue weighted by atomic mass is 32.2. The van der Waals surface area contributed by atoms with Crippen LogP contribution in [0.2, 0.25) is 0 Å². The average Bonchev–Trinajstić information content (AvgIpc) is 1.65. The average molecular weight is 166 g/mol. The van der Waals surface area contributed by atoms with Crippen molar-refractivity contribution in [1.29, 1.82) is 0 Å². The quantitative estimate of drug-likeness (QED) is 0.483. The summed E-state index contributed by atoms with van der Waals surface area (Å²) in [6, 6.07) is 0. The minimum atomic E-state index is -0.561. The molecule has 0 radical (unpaired) electrons. The molecule has 0 bridgehead atoms. The van der Waals surface area contributed by atoms with Crippen molar-refractivity contribution < 1.29 is 4.74 Å². The normalized spacial score (nSPS) is 12.7. The summed E-state index contributed by atoms with van der Waals surface area (Å²) in [5, 5.41) is 0. The molecule has 0 saturated heterocycles. The van der Waals surface area contributed by atoms with Gasteiger partial charge in [0.2, 0.25) is 0 Å². The van der Waals surface area contributed by atoms with Crippen LogP contribution in [0.3, 0.4) is 0 Å². The molecule has 0 unspecified atom stereocenters. The minimum Gasteiger partial charge on any atom is -0.355 e. The molecule has 3 heteroatoms. The van der Waals surface area contributed by atoms with E-state index < -0.39 is 4.27 Å². The van der Waals surface area contributed by atoms with E-state index in [1.807, 2.05) is 20.8 Å². The van der Waals surface area contributed by atoms with E-state index in [4.69, 9.17) is 4.74 Å². The van der Waals surface area contributed by atoms with Crippen molar-refractivity contribution in [2.45, 2.75) is 25.0 Å². The van der Waals surface area contributed by atoms with Gasteiger partial charge in [0.1, 0.15) is 0 Å². The van der Waals surface area contributed by atoms with Gasteiger partial charge in [0.05, 0.1) is 0 Å². The molecular formula is C6H14OS2. The van der Waals surface area contributed by atoms with Gasteiger partial charge >= 0.3 is 0 Å². The molecular weight excluding hydrogens is 152 g/mol. The third-order valence-electron chi connectivity index (χ3n) is 1.11. The summed E-state index contributed by atoms with van der Waals surface area (Å²) < 4.78 is 4.66. The lowest BCUT2D eigenvalue weighted by Gasteiger charge is -2.26. The largest absolute Gasteiger partial charge is 0.355 e. The second-order valence-electron chi connectivity index (χ2n) is 2.25. The van der Waals surface area contributed by atoms with Crippen molar-refractivity contribution in [3.63, 3.8) is 0 Å². The summed E-state index contributed by atoms with van der Waals surface area (Å²) in [7, 11) is 0. The van der Waals surface area contributed by atoms with E-state index in [2.05, 4.69) is 25.3 Å². The van der Waals surface area contributed by atoms with Crippen molar-refractivity contribution in [2.75, 3.05) is 6.61 Å². The summed E-state index contributed by atoms with van der Waals surface area (Å²) in [4.78, 5) is 0. The van der Waals surface area contributed by atoms with Gasteiger partial charge in [-0.2, -0.15) is 0 Å². The van der Waals surface area contributed by atoms with Crippen LogP contribution in [0, 0.1) is 5.92 Å². The van der Waals surface area contributed by atoms with Crippen LogP contribution >= 0.6 is 25.3 Å². The van der Waals surface area contributed by atoms with E-state index in [0.29, 0.717) is 12.5 Å². The Bertz CT molecular complexity index is 81.1. The van der Waals surface area contributed by atoms with Crippen LogP contribution in [0.5, 0.6) is 0 Å². The Morgan fingerprint density at radius 2 is 1.89 bits per heavy atom. The molecule has 1 nitrogen and oxygen atoms in total. The Balaban J connectivity index is 3.70. The fourth-order valence-corrected chi connectivity index (χ4v) is 0.637. The first kappa shape index (κ1) is 9.66. The summed E-state index contributed by atoms with van der Waals surface area (Å²) in [5.74, 6) is 0.323. The zero-order valence-electron chi connectivity index (χ0n) is 6.09. The van der Waals surface area contributed by atoms with Crippen LogP contribution in [0.4, 0.5) is 0 Å². The summed E-state index contributed by atoms with van der Waals surface area (Å²) >= 11 is 8.41. The SMILES string of the molecule is CCOC(S)(S)C(C)C. The fraction of sp³-hybridized carbons (Fsp3) is 1.00. The van der Waals surface area contributed by atoms with Gasteiger partial charge in [-0.3, -0.25) is 0 Å². The first-order chi connectivity index (χ1) is 4.00. The second kappa shape index (κ2) is 3.74. The summed E-state index contributed by atoms with van der Waals surface area (Å²) in [6.07, 6.45) is 0. The third kappa shape index (κ3) is 3.38. The van der Waals surface area contributed by atoms with Gasteiger partial charge in [-0.15, -0.1) is 25.3 Å². The second-order valence-corrected chi connectivity index (χ2v) is 3.93. The highest BCUT2D eigenvalue weighted by molar-refractivity contribution is 8.00. The zero-order chi connectivity index (χ0) is 7.49. The van der Waals surface area contributed by atoms with Gasteiger partial charge in [0, 0.05) is 12.5 Å². The molecule has 0 spiro atoms. The maximum Gasteiger partial charge on any atom is 0.157 e. The maximum atomic E-state index is 5.22. The molecule has 0 amide bonds. The van der Waals surface area contributed by atoms with E-state index in [0.717, 1.165) is 0 Å². The molecule has 9 heavy (non-hydrogen) atoms. The molecule has 0 rings (SSSR count). The fourth-order valence-electron chi connectivity index (χ4n) is 0.379. The first-order valence-corrected chi connectivity index (χ1v) is 3.98. The van der Waals surface area contributed by atoms with E-state index in [9.17, 15) is 0 Å². The predicted octanol–water partition coefficient (Wildman–Crippen LogP) is 2.19. The number of hydrogen-bond acceptors (Lipinski definition) is 3. The van der Waals surface area contributed by atoms with Gasteiger partial charge in [-0.1, -0.05) is 13.8 Å². The summed E-state index contributed by atoms with van der Waals surface area (Å²) in [5.41, 5.74) is 0. The standard InChI is InChI=1S/C6H14OS2/c1-4-7-6(8,9)5(2)3/h5,8-9H,4H2,1-3H3. The molecule has 0 aliphatic rings. The maximum absolute atomic E-state index is 5.22. The lowest BCUT2D eigenvalue weighted by Crippen LogP contribution is -2.24. The third-order valence-corrected chi connectivity index (χ3v) is 2.40. The van der Waals surface area contributed by atoms with Crippen LogP contribution in [-0.4, -0.2) is 10.9 Å². The molecule has 0 atom stereocenters. The van der Waals surface area contributed by atoms with Crippen LogP contribution < -0.4 is 0 Å². The molecule has 0 aliphatic heterocycles. The topological polar surface area (TPSA) is 9.23 Å². The summed E-state index contributed by atoms with van der Waals surface area (Å²) in [6.45, 7) is 6.64. The van der Waals surface area contributed by atoms with Crippen LogP contribution in [0.25, 0.3) is 0 Å². The molecule has 0 aromatic rings. The van der Waals surface area contributed by atoms with E-state index >= 15 is 0 Å². The molecule has 0 N–H and O–H groups in total. The highest BCUT2D eigenvalue weighted by Crippen LogP contribution is 2.29. The zero-order valence-corrected chi connectivity index (χ0v) is 7.88. The Kier molecular flexibility index (Phi) is 4.01. The minimum absolute atomic E-state index is 0.323. The van der Waals surface area contributed by atoms with E-state index in [-0.39, 0.29) is 0 Å². The van der Waals surface area contributed by atoms with Crippen LogP contribution in [0.15, 0.2) is 0 Å². The van der Waals surface area contributed by atoms with Crippen molar-refractivity contribution >= 4 is 25.3 Å². The Morgan fingerprint density at radius 1 is 1.44 bits per heavy atom. The predicted molar refractivity (Wildman–Crippen MR) is 47.2 cm³/mol. The lowest BCUT2D eigenvalue weighted by atomic mass is 10.2. The van der Waals surface area contributed by atoms with Gasteiger partial charge in [0.15, 0.2) is 4.27 Å². The van der Waals surface area contributed by atoms with E-state index in [1.165, 1.54) is 0 Å². The Hall–Kier alpha value is 0.660. The Labute approximate surface area is 68.0 Å². The van der Waals surface area contributed by atoms with Gasteiger partial charge in [-0.25, -0.2) is 0 Å². The van der Waals surface area contributed by atoms with Crippen molar-refractivity contribution in [2.24, 2.45) is 5.92 Å². The lowest BCUT2D eigenvalue weighted by molar-refractivity contribution is 0.0720. The van der Waals surface area contributed by atoms with Gasteiger partial charge in [0.25, 0.3) is 0 Å². The van der Waals surface area contributed by atoms with E-state index in [1.54, 1.807) is 0 Å². The molecule has 0 saturated carbocycles. The molecule has 0 aromatic heterocycles. The van der Waals surface area contributed by atoms with Crippen molar-refractivity contribution in [1.82, 2.24) is 0 Å². The van der Waals surface area contributed by atoms with Crippen molar-refractivity contribution in [3.05, 3.63) is 0 Å². The first-order valence-electron chi connectivity index (χ1n) is 3.09. The number of thiol groups is 2. The molecule has 0 heterocycles. The van der Waals surface area contributed by atoms with Gasteiger partial charge in [-0.05, 0) is 6.92 Å².